The van der Waals surface area contributed by atoms with E-state index in [-0.39, 0.29) is 0 Å². The molecule has 0 aliphatic carbocycles. The zero-order chi connectivity index (χ0) is 11.9. The van der Waals surface area contributed by atoms with Crippen molar-refractivity contribution >= 4 is 0 Å². The van der Waals surface area contributed by atoms with Crippen molar-refractivity contribution in [2.24, 2.45) is 5.92 Å². The molecule has 1 aliphatic rings. The minimum absolute atomic E-state index is 0.659. The molecule has 1 saturated heterocycles. The molecule has 1 aromatic rings. The third-order valence-electron chi connectivity index (χ3n) is 3.14. The minimum Gasteiger partial charge on any atom is -0.381 e. The van der Waals surface area contributed by atoms with Crippen LogP contribution in [0.1, 0.15) is 31.0 Å². The van der Waals surface area contributed by atoms with E-state index in [4.69, 9.17) is 9.26 Å². The third kappa shape index (κ3) is 4.09. The SMILES string of the molecule is CNCCCc1nc(CC2CCOCC2)no1. The van der Waals surface area contributed by atoms with Crippen molar-refractivity contribution in [3.8, 4) is 0 Å². The molecule has 1 aromatic heterocycles. The van der Waals surface area contributed by atoms with Gasteiger partial charge in [-0.1, -0.05) is 5.16 Å². The number of hydrogen-bond acceptors (Lipinski definition) is 5. The van der Waals surface area contributed by atoms with Crippen LogP contribution in [0.4, 0.5) is 0 Å². The van der Waals surface area contributed by atoms with Crippen LogP contribution in [0.2, 0.25) is 0 Å². The lowest BCUT2D eigenvalue weighted by Gasteiger charge is -2.20. The summed E-state index contributed by atoms with van der Waals surface area (Å²) in [6.07, 6.45) is 5.06. The number of hydrogen-bond donors (Lipinski definition) is 1. The van der Waals surface area contributed by atoms with Crippen LogP contribution < -0.4 is 5.32 Å². The van der Waals surface area contributed by atoms with Crippen molar-refractivity contribution in [2.75, 3.05) is 26.8 Å². The first-order chi connectivity index (χ1) is 8.38. The monoisotopic (exact) mass is 239 g/mol. The molecule has 1 N–H and O–H groups in total. The summed E-state index contributed by atoms with van der Waals surface area (Å²) in [5.74, 6) is 2.28. The lowest BCUT2D eigenvalue weighted by atomic mass is 9.96. The van der Waals surface area contributed by atoms with Crippen LogP contribution in [-0.4, -0.2) is 36.9 Å². The Hall–Kier alpha value is -0.940. The number of nitrogens with one attached hydrogen (secondary N) is 1. The Kier molecular flexibility index (Phi) is 4.94. The Morgan fingerprint density at radius 1 is 1.35 bits per heavy atom. The first kappa shape index (κ1) is 12.5. The van der Waals surface area contributed by atoms with Crippen molar-refractivity contribution < 1.29 is 9.26 Å². The molecule has 2 heterocycles. The molecule has 96 valence electrons. The fourth-order valence-corrected chi connectivity index (χ4v) is 2.10. The summed E-state index contributed by atoms with van der Waals surface area (Å²) >= 11 is 0. The summed E-state index contributed by atoms with van der Waals surface area (Å²) in [7, 11) is 1.95. The molecule has 1 fully saturated rings. The molecule has 0 amide bonds. The van der Waals surface area contributed by atoms with E-state index in [1.807, 2.05) is 7.05 Å². The highest BCUT2D eigenvalue weighted by molar-refractivity contribution is 4.89. The van der Waals surface area contributed by atoms with Gasteiger partial charge in [-0.3, -0.25) is 0 Å². The lowest BCUT2D eigenvalue weighted by Crippen LogP contribution is -2.18. The topological polar surface area (TPSA) is 60.2 Å². The van der Waals surface area contributed by atoms with Crippen LogP contribution in [-0.2, 0) is 17.6 Å². The standard InChI is InChI=1S/C12H21N3O2/c1-13-6-2-3-12-14-11(15-17-12)9-10-4-7-16-8-5-10/h10,13H,2-9H2,1H3. The van der Waals surface area contributed by atoms with Gasteiger partial charge in [0.2, 0.25) is 5.89 Å². The van der Waals surface area contributed by atoms with Crippen molar-refractivity contribution in [2.45, 2.75) is 32.1 Å². The number of aromatic nitrogens is 2. The van der Waals surface area contributed by atoms with Crippen LogP contribution in [0.3, 0.4) is 0 Å². The maximum Gasteiger partial charge on any atom is 0.226 e. The normalized spacial score (nSPS) is 17.5. The van der Waals surface area contributed by atoms with E-state index in [1.54, 1.807) is 0 Å². The predicted octanol–water partition coefficient (Wildman–Crippen LogP) is 1.19. The van der Waals surface area contributed by atoms with Gasteiger partial charge in [0.1, 0.15) is 0 Å². The second kappa shape index (κ2) is 6.71. The average molecular weight is 239 g/mol. The summed E-state index contributed by atoms with van der Waals surface area (Å²) in [5.41, 5.74) is 0. The Labute approximate surface area is 102 Å². The van der Waals surface area contributed by atoms with Gasteiger partial charge in [0.05, 0.1) is 0 Å². The van der Waals surface area contributed by atoms with Crippen LogP contribution in [0.25, 0.3) is 0 Å². The molecule has 0 radical (unpaired) electrons. The van der Waals surface area contributed by atoms with Crippen molar-refractivity contribution in [3.63, 3.8) is 0 Å². The van der Waals surface area contributed by atoms with E-state index in [0.717, 1.165) is 63.6 Å². The largest absolute Gasteiger partial charge is 0.381 e. The number of ether oxygens (including phenoxy) is 1. The van der Waals surface area contributed by atoms with Crippen molar-refractivity contribution in [1.29, 1.82) is 0 Å². The summed E-state index contributed by atoms with van der Waals surface area (Å²) in [6, 6.07) is 0. The van der Waals surface area contributed by atoms with Gasteiger partial charge in [0.15, 0.2) is 5.82 Å². The van der Waals surface area contributed by atoms with Gasteiger partial charge in [-0.05, 0) is 38.8 Å². The zero-order valence-electron chi connectivity index (χ0n) is 10.4. The summed E-state index contributed by atoms with van der Waals surface area (Å²) in [4.78, 5) is 4.43. The predicted molar refractivity (Wildman–Crippen MR) is 63.8 cm³/mol. The number of nitrogens with zero attached hydrogens (tertiary/aromatic N) is 2. The smallest absolute Gasteiger partial charge is 0.226 e. The fourth-order valence-electron chi connectivity index (χ4n) is 2.10. The van der Waals surface area contributed by atoms with E-state index in [0.29, 0.717) is 5.92 Å². The molecule has 0 saturated carbocycles. The summed E-state index contributed by atoms with van der Waals surface area (Å²) in [6.45, 7) is 2.73. The molecule has 0 atom stereocenters. The molecular formula is C12H21N3O2. The maximum atomic E-state index is 5.34. The Balaban J connectivity index is 1.76. The highest BCUT2D eigenvalue weighted by Gasteiger charge is 2.17. The minimum atomic E-state index is 0.659. The second-order valence-corrected chi connectivity index (χ2v) is 4.57. The van der Waals surface area contributed by atoms with Gasteiger partial charge in [-0.2, -0.15) is 4.98 Å². The number of aryl methyl sites for hydroxylation is 1. The van der Waals surface area contributed by atoms with Gasteiger partial charge in [-0.25, -0.2) is 0 Å². The molecular weight excluding hydrogens is 218 g/mol. The van der Waals surface area contributed by atoms with Crippen LogP contribution >= 0.6 is 0 Å². The van der Waals surface area contributed by atoms with E-state index in [1.165, 1.54) is 0 Å². The first-order valence-electron chi connectivity index (χ1n) is 6.42. The molecule has 5 heteroatoms. The highest BCUT2D eigenvalue weighted by atomic mass is 16.5. The van der Waals surface area contributed by atoms with E-state index >= 15 is 0 Å². The van der Waals surface area contributed by atoms with Gasteiger partial charge < -0.3 is 14.6 Å². The summed E-state index contributed by atoms with van der Waals surface area (Å²) in [5, 5.41) is 7.15. The molecule has 17 heavy (non-hydrogen) atoms. The van der Waals surface area contributed by atoms with Crippen LogP contribution in [0.15, 0.2) is 4.52 Å². The zero-order valence-corrected chi connectivity index (χ0v) is 10.4. The maximum absolute atomic E-state index is 5.34. The Bertz CT molecular complexity index is 321. The lowest BCUT2D eigenvalue weighted by molar-refractivity contribution is 0.0658. The van der Waals surface area contributed by atoms with Gasteiger partial charge in [0.25, 0.3) is 0 Å². The molecule has 0 aromatic carbocycles. The van der Waals surface area contributed by atoms with Crippen LogP contribution in [0.5, 0.6) is 0 Å². The van der Waals surface area contributed by atoms with Crippen molar-refractivity contribution in [3.05, 3.63) is 11.7 Å². The Morgan fingerprint density at radius 2 is 2.18 bits per heavy atom. The molecule has 0 bridgehead atoms. The highest BCUT2D eigenvalue weighted by Crippen LogP contribution is 2.18. The fraction of sp³-hybridized carbons (Fsp3) is 0.833. The van der Waals surface area contributed by atoms with E-state index < -0.39 is 0 Å². The molecule has 2 rings (SSSR count). The second-order valence-electron chi connectivity index (χ2n) is 4.57. The van der Waals surface area contributed by atoms with Gasteiger partial charge in [0, 0.05) is 26.1 Å². The summed E-state index contributed by atoms with van der Waals surface area (Å²) < 4.78 is 10.6. The Morgan fingerprint density at radius 3 is 2.94 bits per heavy atom. The third-order valence-corrected chi connectivity index (χ3v) is 3.14. The first-order valence-corrected chi connectivity index (χ1v) is 6.42. The molecule has 0 spiro atoms. The molecule has 1 aliphatic heterocycles. The average Bonchev–Trinajstić information content (AvgIpc) is 2.79. The van der Waals surface area contributed by atoms with E-state index in [9.17, 15) is 0 Å². The van der Waals surface area contributed by atoms with E-state index in [2.05, 4.69) is 15.5 Å². The van der Waals surface area contributed by atoms with Gasteiger partial charge >= 0.3 is 0 Å². The number of rotatable bonds is 6. The van der Waals surface area contributed by atoms with Crippen LogP contribution in [0, 0.1) is 5.92 Å². The van der Waals surface area contributed by atoms with Gasteiger partial charge in [-0.15, -0.1) is 0 Å². The van der Waals surface area contributed by atoms with Crippen molar-refractivity contribution in [1.82, 2.24) is 15.5 Å². The molecule has 5 nitrogen and oxygen atoms in total. The quantitative estimate of drug-likeness (QED) is 0.756. The molecule has 0 unspecified atom stereocenters.